The first-order chi connectivity index (χ1) is 8.91. The normalized spacial score (nSPS) is 12.3. The van der Waals surface area contributed by atoms with Crippen molar-refractivity contribution in [1.29, 1.82) is 0 Å². The van der Waals surface area contributed by atoms with Gasteiger partial charge in [0.15, 0.2) is 0 Å². The molecule has 9 nitrogen and oxygen atoms in total. The third kappa shape index (κ3) is 3.28. The van der Waals surface area contributed by atoms with E-state index in [0.717, 1.165) is 0 Å². The molecule has 0 radical (unpaired) electrons. The topological polar surface area (TPSA) is 98.8 Å². The van der Waals surface area contributed by atoms with E-state index in [2.05, 4.69) is 34.4 Å². The fourth-order valence-corrected chi connectivity index (χ4v) is 0.470. The van der Waals surface area contributed by atoms with Gasteiger partial charge in [0, 0.05) is 0 Å². The van der Waals surface area contributed by atoms with Crippen molar-refractivity contribution in [3.8, 4) is 0 Å². The van der Waals surface area contributed by atoms with Crippen molar-refractivity contribution in [2.75, 3.05) is 0 Å². The Hall–Kier alpha value is -1.52. The number of halogens is 6. The Kier molecular flexibility index (Phi) is 6.59. The summed E-state index contributed by atoms with van der Waals surface area (Å²) in [6.45, 7) is 0. The van der Waals surface area contributed by atoms with E-state index in [1.165, 1.54) is 0 Å². The molecule has 0 rings (SSSR count). The maximum absolute atomic E-state index is 11.6. The summed E-state index contributed by atoms with van der Waals surface area (Å²) in [4.78, 5) is 34.5. The Labute approximate surface area is 96.3 Å². The second-order valence-electron chi connectivity index (χ2n) is 2.25. The molecule has 0 bridgehead atoms. The van der Waals surface area contributed by atoms with Crippen LogP contribution in [-0.4, -0.2) is 23.9 Å². The molecular formula is C4F6O9. The molecule has 0 N–H and O–H groups in total. The molecular weight excluding hydrogens is 306 g/mol. The summed E-state index contributed by atoms with van der Waals surface area (Å²) in [6, 6.07) is 0. The van der Waals surface area contributed by atoms with E-state index in [1.807, 2.05) is 0 Å². The van der Waals surface area contributed by atoms with Crippen LogP contribution in [0.1, 0.15) is 0 Å². The lowest BCUT2D eigenvalue weighted by molar-refractivity contribution is -0.533. The first-order valence-corrected chi connectivity index (χ1v) is 3.47. The van der Waals surface area contributed by atoms with Gasteiger partial charge in [0.25, 0.3) is 0 Å². The summed E-state index contributed by atoms with van der Waals surface area (Å²) < 4.78 is 72.6. The quantitative estimate of drug-likeness (QED) is 0.278. The summed E-state index contributed by atoms with van der Waals surface area (Å²) in [5.74, 6) is -14.8. The summed E-state index contributed by atoms with van der Waals surface area (Å²) in [5, 5.41) is 0. The SMILES string of the molecule is O=C(OC(=O)C(OF)(OF)OF)C(OF)(OF)OF. The molecule has 0 aromatic carbocycles. The van der Waals surface area contributed by atoms with E-state index < -0.39 is 23.9 Å². The van der Waals surface area contributed by atoms with E-state index in [1.54, 1.807) is 0 Å². The van der Waals surface area contributed by atoms with E-state index in [9.17, 15) is 36.7 Å². The monoisotopic (exact) mass is 306 g/mol. The van der Waals surface area contributed by atoms with Crippen LogP contribution >= 0.6 is 0 Å². The van der Waals surface area contributed by atoms with Crippen LogP contribution in [-0.2, 0) is 44.0 Å². The predicted octanol–water partition coefficient (Wildman–Crippen LogP) is 0.770. The Balaban J connectivity index is 5.04. The number of rotatable bonds is 8. The highest BCUT2D eigenvalue weighted by Gasteiger charge is 2.57. The molecule has 0 fully saturated rings. The first kappa shape index (κ1) is 17.5. The molecule has 112 valence electrons. The molecule has 0 unspecified atom stereocenters. The first-order valence-electron chi connectivity index (χ1n) is 3.47. The summed E-state index contributed by atoms with van der Waals surface area (Å²) in [7, 11) is 0. The number of esters is 2. The highest BCUT2D eigenvalue weighted by Crippen LogP contribution is 2.24. The Morgan fingerprint density at radius 1 is 0.579 bits per heavy atom. The maximum Gasteiger partial charge on any atom is 0.477 e. The Bertz CT molecular complexity index is 269. The fourth-order valence-electron chi connectivity index (χ4n) is 0.470. The predicted molar refractivity (Wildman–Crippen MR) is 29.7 cm³/mol. The lowest BCUT2D eigenvalue weighted by Crippen LogP contribution is -2.49. The minimum Gasteiger partial charge on any atom is -0.381 e. The van der Waals surface area contributed by atoms with Gasteiger partial charge in [0.2, 0.25) is 0 Å². The molecule has 0 heterocycles. The zero-order valence-corrected chi connectivity index (χ0v) is 7.94. The van der Waals surface area contributed by atoms with E-state index in [0.29, 0.717) is 0 Å². The van der Waals surface area contributed by atoms with Crippen LogP contribution in [0, 0.1) is 0 Å². The molecule has 0 aliphatic carbocycles. The molecule has 0 saturated heterocycles. The van der Waals surface area contributed by atoms with Crippen LogP contribution < -0.4 is 0 Å². The van der Waals surface area contributed by atoms with Crippen molar-refractivity contribution >= 4 is 11.9 Å². The van der Waals surface area contributed by atoms with Gasteiger partial charge in [0.05, 0.1) is 0 Å². The van der Waals surface area contributed by atoms with Gasteiger partial charge in [-0.3, -0.25) is 0 Å². The van der Waals surface area contributed by atoms with Gasteiger partial charge in [-0.05, 0) is 27.2 Å². The fraction of sp³-hybridized carbons (Fsp3) is 0.500. The van der Waals surface area contributed by atoms with Gasteiger partial charge in [-0.1, -0.05) is 0 Å². The van der Waals surface area contributed by atoms with Crippen molar-refractivity contribution in [2.24, 2.45) is 0 Å². The van der Waals surface area contributed by atoms with Crippen LogP contribution in [0.4, 0.5) is 27.2 Å². The number of hydrogen-bond donors (Lipinski definition) is 0. The van der Waals surface area contributed by atoms with Gasteiger partial charge >= 0.3 is 23.9 Å². The van der Waals surface area contributed by atoms with Crippen LogP contribution in [0.5, 0.6) is 0 Å². The molecule has 0 aliphatic heterocycles. The highest BCUT2D eigenvalue weighted by atomic mass is 19.3. The van der Waals surface area contributed by atoms with E-state index in [4.69, 9.17) is 0 Å². The summed E-state index contributed by atoms with van der Waals surface area (Å²) in [6.07, 6.45) is 0. The lowest BCUT2D eigenvalue weighted by Gasteiger charge is -2.19. The third-order valence-corrected chi connectivity index (χ3v) is 1.29. The zero-order chi connectivity index (χ0) is 15.1. The second kappa shape index (κ2) is 7.16. The van der Waals surface area contributed by atoms with Crippen molar-refractivity contribution in [2.45, 2.75) is 11.9 Å². The number of carbonyl (C=O) groups excluding carboxylic acids is 2. The average molecular weight is 306 g/mol. The molecule has 0 spiro atoms. The van der Waals surface area contributed by atoms with Crippen molar-refractivity contribution in [1.82, 2.24) is 0 Å². The molecule has 0 amide bonds. The maximum atomic E-state index is 11.6. The van der Waals surface area contributed by atoms with Crippen LogP contribution in [0.3, 0.4) is 0 Å². The molecule has 0 atom stereocenters. The number of hydrogen-bond acceptors (Lipinski definition) is 9. The lowest BCUT2D eigenvalue weighted by atomic mass is 10.5. The number of ether oxygens (including phenoxy) is 1. The van der Waals surface area contributed by atoms with Crippen molar-refractivity contribution < 1.29 is 71.1 Å². The zero-order valence-electron chi connectivity index (χ0n) is 7.94. The van der Waals surface area contributed by atoms with Gasteiger partial charge in [-0.25, -0.2) is 9.59 Å². The largest absolute Gasteiger partial charge is 0.477 e. The van der Waals surface area contributed by atoms with E-state index in [-0.39, 0.29) is 0 Å². The van der Waals surface area contributed by atoms with Gasteiger partial charge in [0.1, 0.15) is 0 Å². The van der Waals surface area contributed by atoms with Crippen LogP contribution in [0.2, 0.25) is 0 Å². The van der Waals surface area contributed by atoms with E-state index >= 15 is 0 Å². The third-order valence-electron chi connectivity index (χ3n) is 1.29. The van der Waals surface area contributed by atoms with Crippen molar-refractivity contribution in [3.63, 3.8) is 0 Å². The van der Waals surface area contributed by atoms with Crippen molar-refractivity contribution in [3.05, 3.63) is 0 Å². The summed E-state index contributed by atoms with van der Waals surface area (Å²) in [5.41, 5.74) is 0. The van der Waals surface area contributed by atoms with Crippen LogP contribution in [0.15, 0.2) is 0 Å². The Morgan fingerprint density at radius 3 is 0.947 bits per heavy atom. The minimum absolute atomic E-state index is 2.19. The average Bonchev–Trinajstić information content (AvgIpc) is 2.44. The second-order valence-corrected chi connectivity index (χ2v) is 2.25. The molecule has 0 saturated carbocycles. The molecule has 0 aromatic heterocycles. The number of carbonyl (C=O) groups is 2. The summed E-state index contributed by atoms with van der Waals surface area (Å²) >= 11 is 0. The standard InChI is InChI=1S/C4F6O9/c5-14-3(15-6,16-7)1(11)13-2(12)4(17-8,18-9)19-10. The Morgan fingerprint density at radius 2 is 0.789 bits per heavy atom. The minimum atomic E-state index is -4.54. The van der Waals surface area contributed by atoms with Gasteiger partial charge in [-0.2, -0.15) is 0 Å². The molecule has 0 aromatic rings. The molecule has 19 heavy (non-hydrogen) atoms. The molecule has 0 aliphatic rings. The smallest absolute Gasteiger partial charge is 0.381 e. The molecule has 15 heteroatoms. The van der Waals surface area contributed by atoms with Gasteiger partial charge in [-0.15, -0.1) is 29.6 Å². The highest BCUT2D eigenvalue weighted by molar-refractivity contribution is 5.91. The van der Waals surface area contributed by atoms with Gasteiger partial charge < -0.3 is 4.74 Å². The van der Waals surface area contributed by atoms with Crippen LogP contribution in [0.25, 0.3) is 0 Å².